The minimum Gasteiger partial charge on any atom is -0.395 e. The lowest BCUT2D eigenvalue weighted by molar-refractivity contribution is -0.286. The van der Waals surface area contributed by atoms with Crippen molar-refractivity contribution in [2.45, 2.75) is 50.0 Å². The molecular weight excluding hydrogens is 528 g/mol. The number of carbonyl (C=O) groups excluding carboxylic acids is 1. The highest BCUT2D eigenvalue weighted by Gasteiger charge is 2.43. The first kappa shape index (κ1) is 25.3. The summed E-state index contributed by atoms with van der Waals surface area (Å²) in [5.41, 5.74) is 3.50. The molecular formula is C28H25F2N3O5S. The number of aromatic nitrogens is 2. The maximum Gasteiger partial charge on any atom is 0.586 e. The number of halogens is 2. The maximum absolute atomic E-state index is 13.4. The van der Waals surface area contributed by atoms with E-state index in [2.05, 4.69) is 19.4 Å². The van der Waals surface area contributed by atoms with Crippen LogP contribution >= 0.6 is 0 Å². The molecule has 6 rings (SSSR count). The molecule has 0 unspecified atom stereocenters. The van der Waals surface area contributed by atoms with E-state index in [1.165, 1.54) is 6.07 Å². The molecule has 2 heterocycles. The summed E-state index contributed by atoms with van der Waals surface area (Å²) in [5, 5.41) is 2.87. The van der Waals surface area contributed by atoms with Crippen molar-refractivity contribution in [2.75, 3.05) is 5.75 Å². The van der Waals surface area contributed by atoms with Crippen LogP contribution in [-0.2, 0) is 22.9 Å². The highest BCUT2D eigenvalue weighted by molar-refractivity contribution is 7.91. The Morgan fingerprint density at radius 3 is 2.46 bits per heavy atom. The first-order chi connectivity index (χ1) is 18.6. The zero-order valence-corrected chi connectivity index (χ0v) is 21.8. The van der Waals surface area contributed by atoms with E-state index in [0.717, 1.165) is 35.3 Å². The lowest BCUT2D eigenvalue weighted by Gasteiger charge is -2.10. The number of sulfone groups is 1. The average Bonchev–Trinajstić information content (AvgIpc) is 3.63. The molecule has 4 aromatic rings. The number of rotatable bonds is 8. The van der Waals surface area contributed by atoms with Gasteiger partial charge in [0.1, 0.15) is 5.82 Å². The van der Waals surface area contributed by atoms with Crippen molar-refractivity contribution in [1.82, 2.24) is 14.9 Å². The summed E-state index contributed by atoms with van der Waals surface area (Å²) in [6, 6.07) is 16.5. The van der Waals surface area contributed by atoms with Crippen molar-refractivity contribution >= 4 is 26.8 Å². The van der Waals surface area contributed by atoms with E-state index < -0.39 is 16.1 Å². The van der Waals surface area contributed by atoms with Crippen LogP contribution in [0.4, 0.5) is 8.78 Å². The number of carbonyl (C=O) groups is 1. The highest BCUT2D eigenvalue weighted by atomic mass is 32.2. The van der Waals surface area contributed by atoms with Crippen molar-refractivity contribution in [3.05, 3.63) is 83.2 Å². The van der Waals surface area contributed by atoms with Crippen molar-refractivity contribution in [3.63, 3.8) is 0 Å². The Hall–Kier alpha value is -3.99. The van der Waals surface area contributed by atoms with Crippen LogP contribution in [0, 0.1) is 0 Å². The molecule has 202 valence electrons. The fraction of sp³-hybridized carbons (Fsp3) is 0.286. The number of amides is 1. The zero-order valence-electron chi connectivity index (χ0n) is 21.0. The molecule has 2 aliphatic rings. The van der Waals surface area contributed by atoms with Crippen LogP contribution in [0.1, 0.15) is 53.0 Å². The van der Waals surface area contributed by atoms with Crippen molar-refractivity contribution < 1.29 is 31.5 Å². The second-order valence-corrected chi connectivity index (χ2v) is 12.0. The molecule has 39 heavy (non-hydrogen) atoms. The lowest BCUT2D eigenvalue weighted by atomic mass is 10.1. The molecule has 1 fully saturated rings. The van der Waals surface area contributed by atoms with E-state index in [1.807, 2.05) is 6.07 Å². The molecule has 0 radical (unpaired) electrons. The third kappa shape index (κ3) is 5.06. The van der Waals surface area contributed by atoms with Gasteiger partial charge >= 0.3 is 6.29 Å². The number of nitrogens with zero attached hydrogens (tertiary/aromatic N) is 2. The molecule has 3 aromatic carbocycles. The van der Waals surface area contributed by atoms with Gasteiger partial charge in [-0.05, 0) is 66.4 Å². The number of hydrogen-bond donors (Lipinski definition) is 1. The van der Waals surface area contributed by atoms with Gasteiger partial charge in [0.2, 0.25) is 0 Å². The zero-order chi connectivity index (χ0) is 27.4. The van der Waals surface area contributed by atoms with E-state index in [1.54, 1.807) is 55.5 Å². The molecule has 1 amide bonds. The number of ether oxygens (including phenoxy) is 2. The molecule has 0 saturated heterocycles. The van der Waals surface area contributed by atoms with Crippen LogP contribution in [-0.4, -0.2) is 35.9 Å². The first-order valence-corrected chi connectivity index (χ1v) is 14.3. The van der Waals surface area contributed by atoms with Crippen LogP contribution in [0.3, 0.4) is 0 Å². The summed E-state index contributed by atoms with van der Waals surface area (Å²) >= 11 is 0. The van der Waals surface area contributed by atoms with Crippen LogP contribution in [0.2, 0.25) is 0 Å². The summed E-state index contributed by atoms with van der Waals surface area (Å²) in [4.78, 5) is 18.0. The molecule has 8 nitrogen and oxygen atoms in total. The van der Waals surface area contributed by atoms with Gasteiger partial charge in [-0.15, -0.1) is 8.78 Å². The van der Waals surface area contributed by atoms with Crippen molar-refractivity contribution in [3.8, 4) is 11.5 Å². The van der Waals surface area contributed by atoms with Gasteiger partial charge in [-0.1, -0.05) is 25.1 Å². The molecule has 0 bridgehead atoms. The van der Waals surface area contributed by atoms with E-state index >= 15 is 0 Å². The van der Waals surface area contributed by atoms with E-state index in [-0.39, 0.29) is 34.6 Å². The number of fused-ring (bicyclic) bond motifs is 2. The largest absolute Gasteiger partial charge is 0.586 e. The second-order valence-electron chi connectivity index (χ2n) is 9.71. The van der Waals surface area contributed by atoms with Crippen LogP contribution < -0.4 is 14.8 Å². The van der Waals surface area contributed by atoms with Gasteiger partial charge in [0.25, 0.3) is 5.91 Å². The minimum atomic E-state index is -3.67. The Morgan fingerprint density at radius 2 is 1.74 bits per heavy atom. The fourth-order valence-corrected chi connectivity index (χ4v) is 5.53. The summed E-state index contributed by atoms with van der Waals surface area (Å²) in [6.45, 7) is 2.24. The fourth-order valence-electron chi connectivity index (χ4n) is 4.65. The summed E-state index contributed by atoms with van der Waals surface area (Å²) in [7, 11) is -3.28. The SMILES string of the molecule is CCS(=O)(=O)c1ccc(CNC(=O)c2ccc3c(c2)nc(C2CC2)n3Cc2ccc3c(c2)OC(F)(F)O3)cc1. The quantitative estimate of drug-likeness (QED) is 0.330. The van der Waals surface area contributed by atoms with Gasteiger partial charge in [-0.3, -0.25) is 4.79 Å². The normalized spacial score (nSPS) is 16.0. The van der Waals surface area contributed by atoms with E-state index in [4.69, 9.17) is 4.98 Å². The summed E-state index contributed by atoms with van der Waals surface area (Å²) in [5.74, 6) is 0.954. The Labute approximate surface area is 223 Å². The van der Waals surface area contributed by atoms with Crippen LogP contribution in [0.25, 0.3) is 11.0 Å². The maximum atomic E-state index is 13.4. The predicted molar refractivity (Wildman–Crippen MR) is 139 cm³/mol. The molecule has 1 aromatic heterocycles. The molecule has 1 N–H and O–H groups in total. The number of benzene rings is 3. The van der Waals surface area contributed by atoms with E-state index in [0.29, 0.717) is 23.5 Å². The van der Waals surface area contributed by atoms with Gasteiger partial charge in [0.05, 0.1) is 21.7 Å². The molecule has 0 spiro atoms. The van der Waals surface area contributed by atoms with Gasteiger partial charge in [-0.25, -0.2) is 13.4 Å². The Balaban J connectivity index is 1.20. The summed E-state index contributed by atoms with van der Waals surface area (Å²) in [6.07, 6.45) is -1.64. The van der Waals surface area contributed by atoms with E-state index in [9.17, 15) is 22.0 Å². The Morgan fingerprint density at radius 1 is 1.03 bits per heavy atom. The first-order valence-electron chi connectivity index (χ1n) is 12.6. The lowest BCUT2D eigenvalue weighted by Crippen LogP contribution is -2.25. The molecule has 1 saturated carbocycles. The van der Waals surface area contributed by atoms with Crippen molar-refractivity contribution in [1.29, 1.82) is 0 Å². The van der Waals surface area contributed by atoms with Crippen LogP contribution in [0.15, 0.2) is 65.6 Å². The predicted octanol–water partition coefficient (Wildman–Crippen LogP) is 5.01. The Bertz CT molecular complexity index is 1700. The summed E-state index contributed by atoms with van der Waals surface area (Å²) < 4.78 is 62.0. The van der Waals surface area contributed by atoms with Crippen LogP contribution in [0.5, 0.6) is 11.5 Å². The topological polar surface area (TPSA) is 99.5 Å². The standard InChI is InChI=1S/C28H25F2N3O5S/c1-2-39(35,36)21-9-3-17(4-10-21)15-31-27(34)20-8-11-23-22(14-20)32-26(19-6-7-19)33(23)16-18-5-12-24-25(13-18)38-28(29,30)37-24/h3-5,8-14,19H,2,6-7,15-16H2,1H3,(H,31,34). The molecule has 0 atom stereocenters. The molecule has 11 heteroatoms. The highest BCUT2D eigenvalue weighted by Crippen LogP contribution is 2.43. The van der Waals surface area contributed by atoms with Gasteiger partial charge in [0.15, 0.2) is 21.3 Å². The monoisotopic (exact) mass is 553 g/mol. The number of imidazole rings is 1. The van der Waals surface area contributed by atoms with Crippen molar-refractivity contribution in [2.24, 2.45) is 0 Å². The molecule has 1 aliphatic carbocycles. The number of hydrogen-bond acceptors (Lipinski definition) is 6. The molecule has 1 aliphatic heterocycles. The average molecular weight is 554 g/mol. The second kappa shape index (κ2) is 9.33. The minimum absolute atomic E-state index is 0.000699. The third-order valence-electron chi connectivity index (χ3n) is 6.90. The Kier molecular flexibility index (Phi) is 6.05. The smallest absolute Gasteiger partial charge is 0.395 e. The number of alkyl halides is 2. The third-order valence-corrected chi connectivity index (χ3v) is 8.65. The van der Waals surface area contributed by atoms with Gasteiger partial charge < -0.3 is 19.4 Å². The van der Waals surface area contributed by atoms with Gasteiger partial charge in [-0.2, -0.15) is 0 Å². The number of nitrogens with one attached hydrogen (secondary N) is 1. The van der Waals surface area contributed by atoms with Gasteiger partial charge in [0, 0.05) is 24.6 Å².